The van der Waals surface area contributed by atoms with Crippen molar-refractivity contribution < 1.29 is 32.5 Å². The average molecular weight is 514 g/mol. The second kappa shape index (κ2) is 9.68. The molecule has 2 saturated heterocycles. The molecule has 5 rings (SSSR count). The van der Waals surface area contributed by atoms with Gasteiger partial charge in [-0.2, -0.15) is 13.2 Å². The van der Waals surface area contributed by atoms with Crippen molar-refractivity contribution in [2.24, 2.45) is 0 Å². The van der Waals surface area contributed by atoms with Crippen LogP contribution < -0.4 is 9.64 Å². The van der Waals surface area contributed by atoms with Crippen molar-refractivity contribution in [3.8, 4) is 5.88 Å². The molecule has 0 aliphatic carbocycles. The number of piperazine rings is 1. The lowest BCUT2D eigenvalue weighted by molar-refractivity contribution is -0.184. The first kappa shape index (κ1) is 25.0. The summed E-state index contributed by atoms with van der Waals surface area (Å²) in [4.78, 5) is 21.5. The number of carbonyl (C=O) groups is 1. The zero-order chi connectivity index (χ0) is 26.2. The molecule has 0 bridgehead atoms. The Bertz CT molecular complexity index is 1260. The summed E-state index contributed by atoms with van der Waals surface area (Å²) in [5.74, 6) is 0.216. The van der Waals surface area contributed by atoms with Gasteiger partial charge in [0.1, 0.15) is 5.60 Å². The summed E-state index contributed by atoms with van der Waals surface area (Å²) in [7, 11) is 1.51. The highest BCUT2D eigenvalue weighted by atomic mass is 19.4. The van der Waals surface area contributed by atoms with Gasteiger partial charge in [0.2, 0.25) is 5.88 Å². The minimum atomic E-state index is -4.41. The van der Waals surface area contributed by atoms with Crippen molar-refractivity contribution in [3.05, 3.63) is 89.1 Å². The van der Waals surface area contributed by atoms with Crippen LogP contribution >= 0.6 is 0 Å². The first-order valence-electron chi connectivity index (χ1n) is 11.8. The summed E-state index contributed by atoms with van der Waals surface area (Å²) in [5.41, 5.74) is 0.882. The maximum Gasteiger partial charge on any atom is 0.416 e. The number of methoxy groups -OCH3 is 1. The molecule has 3 aromatic rings. The summed E-state index contributed by atoms with van der Waals surface area (Å²) in [6, 6.07) is 15.1. The van der Waals surface area contributed by atoms with E-state index in [0.717, 1.165) is 17.7 Å². The van der Waals surface area contributed by atoms with Gasteiger partial charge in [0.05, 0.1) is 31.9 Å². The Labute approximate surface area is 212 Å². The molecule has 1 atom stereocenters. The van der Waals surface area contributed by atoms with E-state index < -0.39 is 23.4 Å². The van der Waals surface area contributed by atoms with Crippen LogP contribution in [-0.2, 0) is 16.5 Å². The van der Waals surface area contributed by atoms with Gasteiger partial charge in [-0.15, -0.1) is 0 Å². The molecule has 10 heteroatoms. The fourth-order valence-corrected chi connectivity index (χ4v) is 4.70. The van der Waals surface area contributed by atoms with Crippen LogP contribution in [0.1, 0.15) is 33.1 Å². The molecule has 37 heavy (non-hydrogen) atoms. The lowest BCUT2D eigenvalue weighted by Gasteiger charge is -2.43. The second-order valence-electron chi connectivity index (χ2n) is 9.24. The minimum Gasteiger partial charge on any atom is -0.481 e. The van der Waals surface area contributed by atoms with Crippen LogP contribution in [0, 0.1) is 0 Å². The highest BCUT2D eigenvalue weighted by Gasteiger charge is 2.38. The highest BCUT2D eigenvalue weighted by molar-refractivity contribution is 5.94. The third kappa shape index (κ3) is 4.99. The Morgan fingerprint density at radius 3 is 2.38 bits per heavy atom. The molecular weight excluding hydrogens is 487 g/mol. The number of rotatable bonds is 5. The van der Waals surface area contributed by atoms with Gasteiger partial charge in [-0.05, 0) is 53.6 Å². The predicted octanol–water partition coefficient (Wildman–Crippen LogP) is 4.03. The summed E-state index contributed by atoms with van der Waals surface area (Å²) in [6.45, 7) is 1.62. The van der Waals surface area contributed by atoms with E-state index in [-0.39, 0.29) is 19.1 Å². The summed E-state index contributed by atoms with van der Waals surface area (Å²) in [5, 5.41) is 10.5. The number of benzene rings is 2. The monoisotopic (exact) mass is 513 g/mol. The maximum atomic E-state index is 13.6. The Balaban J connectivity index is 1.42. The van der Waals surface area contributed by atoms with Crippen LogP contribution in [0.5, 0.6) is 5.88 Å². The molecule has 0 radical (unpaired) electrons. The number of alkyl halides is 3. The number of anilines is 1. The van der Waals surface area contributed by atoms with E-state index in [2.05, 4.69) is 4.98 Å². The molecule has 2 aromatic carbocycles. The molecule has 2 aliphatic rings. The van der Waals surface area contributed by atoms with E-state index in [1.54, 1.807) is 47.5 Å². The van der Waals surface area contributed by atoms with Crippen molar-refractivity contribution in [1.29, 1.82) is 0 Å². The Hall–Kier alpha value is -3.63. The molecule has 3 heterocycles. The number of halogens is 3. The molecule has 0 unspecified atom stereocenters. The normalized spacial score (nSPS) is 19.3. The molecule has 0 spiro atoms. The van der Waals surface area contributed by atoms with Crippen LogP contribution in [0.3, 0.4) is 0 Å². The number of aromatic nitrogens is 1. The number of nitrogens with zero attached hydrogens (tertiary/aromatic N) is 3. The summed E-state index contributed by atoms with van der Waals surface area (Å²) < 4.78 is 49.5. The van der Waals surface area contributed by atoms with Crippen molar-refractivity contribution in [2.45, 2.75) is 17.8 Å². The summed E-state index contributed by atoms with van der Waals surface area (Å²) >= 11 is 0. The van der Waals surface area contributed by atoms with Crippen LogP contribution in [0.2, 0.25) is 0 Å². The largest absolute Gasteiger partial charge is 0.481 e. The molecule has 194 valence electrons. The van der Waals surface area contributed by atoms with E-state index in [9.17, 15) is 23.1 Å². The summed E-state index contributed by atoms with van der Waals surface area (Å²) in [6.07, 6.45) is -2.80. The fourth-order valence-electron chi connectivity index (χ4n) is 4.70. The predicted molar refractivity (Wildman–Crippen MR) is 129 cm³/mol. The van der Waals surface area contributed by atoms with Crippen molar-refractivity contribution in [1.82, 2.24) is 9.88 Å². The first-order valence-corrected chi connectivity index (χ1v) is 11.8. The van der Waals surface area contributed by atoms with Crippen LogP contribution in [0.15, 0.2) is 66.9 Å². The zero-order valence-corrected chi connectivity index (χ0v) is 20.1. The van der Waals surface area contributed by atoms with Gasteiger partial charge < -0.3 is 24.4 Å². The van der Waals surface area contributed by atoms with E-state index >= 15 is 0 Å². The third-order valence-corrected chi connectivity index (χ3v) is 6.90. The average Bonchev–Trinajstić information content (AvgIpc) is 2.90. The Morgan fingerprint density at radius 2 is 1.78 bits per heavy atom. The van der Waals surface area contributed by atoms with Crippen molar-refractivity contribution >= 4 is 11.6 Å². The smallest absolute Gasteiger partial charge is 0.416 e. The Kier molecular flexibility index (Phi) is 6.55. The standard InChI is InChI=1S/C27H26F3N3O4/c1-36-24-14-19(10-11-31-24)23-15-32(22-8-6-21(7-9-22)27(28,29)30)12-13-33(23)25(34)18-2-4-20(5-3-18)26(35)16-37-17-26/h2-11,14,23,35H,12-13,15-17H2,1H3/t23-/m1/s1. The quantitative estimate of drug-likeness (QED) is 0.556. The van der Waals surface area contributed by atoms with Gasteiger partial charge in [0.25, 0.3) is 5.91 Å². The molecule has 1 aromatic heterocycles. The molecule has 2 aliphatic heterocycles. The maximum absolute atomic E-state index is 13.6. The Morgan fingerprint density at radius 1 is 1.08 bits per heavy atom. The first-order chi connectivity index (χ1) is 17.7. The van der Waals surface area contributed by atoms with Crippen molar-refractivity contribution in [3.63, 3.8) is 0 Å². The number of amides is 1. The van der Waals surface area contributed by atoms with Crippen LogP contribution in [0.4, 0.5) is 18.9 Å². The molecule has 7 nitrogen and oxygen atoms in total. The highest BCUT2D eigenvalue weighted by Crippen LogP contribution is 2.34. The van der Waals surface area contributed by atoms with E-state index in [1.165, 1.54) is 19.2 Å². The molecule has 1 amide bonds. The SMILES string of the molecule is COc1cc([C@H]2CN(c3ccc(C(F)(F)F)cc3)CCN2C(=O)c2ccc(C3(O)COC3)cc2)ccn1. The molecule has 1 N–H and O–H groups in total. The van der Waals surface area contributed by atoms with E-state index in [4.69, 9.17) is 9.47 Å². The topological polar surface area (TPSA) is 75.1 Å². The lowest BCUT2D eigenvalue weighted by Crippen LogP contribution is -2.51. The number of carbonyl (C=O) groups excluding carboxylic acids is 1. The molecule has 2 fully saturated rings. The number of hydrogen-bond acceptors (Lipinski definition) is 6. The van der Waals surface area contributed by atoms with Gasteiger partial charge in [-0.3, -0.25) is 4.79 Å². The van der Waals surface area contributed by atoms with E-state index in [1.807, 2.05) is 4.90 Å². The van der Waals surface area contributed by atoms with Crippen LogP contribution in [-0.4, -0.2) is 60.9 Å². The van der Waals surface area contributed by atoms with E-state index in [0.29, 0.717) is 42.3 Å². The van der Waals surface area contributed by atoms with Gasteiger partial charge in [0, 0.05) is 43.1 Å². The van der Waals surface area contributed by atoms with Crippen LogP contribution in [0.25, 0.3) is 0 Å². The van der Waals surface area contributed by atoms with Gasteiger partial charge >= 0.3 is 6.18 Å². The number of pyridine rings is 1. The minimum absolute atomic E-state index is 0.184. The number of ether oxygens (including phenoxy) is 2. The molecule has 0 saturated carbocycles. The third-order valence-electron chi connectivity index (χ3n) is 6.90. The second-order valence-corrected chi connectivity index (χ2v) is 9.24. The van der Waals surface area contributed by atoms with Crippen molar-refractivity contribution in [2.75, 3.05) is 44.9 Å². The number of aliphatic hydroxyl groups is 1. The number of hydrogen-bond donors (Lipinski definition) is 1. The lowest BCUT2D eigenvalue weighted by atomic mass is 9.91. The molecular formula is C27H26F3N3O4. The van der Waals surface area contributed by atoms with Gasteiger partial charge in [0.15, 0.2) is 0 Å². The van der Waals surface area contributed by atoms with Gasteiger partial charge in [-0.1, -0.05) is 12.1 Å². The van der Waals surface area contributed by atoms with Gasteiger partial charge in [-0.25, -0.2) is 4.98 Å². The zero-order valence-electron chi connectivity index (χ0n) is 20.1. The fraction of sp³-hybridized carbons (Fsp3) is 0.333.